The molecule has 3 aromatic rings. The minimum Gasteiger partial charge on any atom is -0.424 e. The smallest absolute Gasteiger partial charge is 0.321 e. The number of carbonyl (C=O) groups excluding carboxylic acids is 2. The van der Waals surface area contributed by atoms with Gasteiger partial charge in [0.1, 0.15) is 11.4 Å². The third-order valence-corrected chi connectivity index (χ3v) is 4.53. The van der Waals surface area contributed by atoms with E-state index in [0.717, 1.165) is 18.5 Å². The van der Waals surface area contributed by atoms with Gasteiger partial charge in [0.05, 0.1) is 0 Å². The second-order valence-electron chi connectivity index (χ2n) is 6.37. The monoisotopic (exact) mass is 362 g/mol. The van der Waals surface area contributed by atoms with E-state index in [-0.39, 0.29) is 17.7 Å². The zero-order valence-electron chi connectivity index (χ0n) is 14.8. The molecule has 0 bridgehead atoms. The number of nitrogens with zero attached hydrogens (tertiary/aromatic N) is 2. The Morgan fingerprint density at radius 1 is 1.15 bits per heavy atom. The lowest BCUT2D eigenvalue weighted by Gasteiger charge is -2.09. The molecule has 0 radical (unpaired) electrons. The number of carbonyl (C=O) groups is 2. The number of anilines is 1. The average molecular weight is 362 g/mol. The van der Waals surface area contributed by atoms with Crippen molar-refractivity contribution in [2.24, 2.45) is 0 Å². The molecule has 1 aromatic carbocycles. The number of amides is 1. The highest BCUT2D eigenvalue weighted by molar-refractivity contribution is 6.08. The van der Waals surface area contributed by atoms with Gasteiger partial charge in [0.25, 0.3) is 5.91 Å². The minimum atomic E-state index is -0.269. The fourth-order valence-corrected chi connectivity index (χ4v) is 3.24. The van der Waals surface area contributed by atoms with Gasteiger partial charge >= 0.3 is 6.01 Å². The van der Waals surface area contributed by atoms with Crippen LogP contribution in [-0.2, 0) is 6.42 Å². The van der Waals surface area contributed by atoms with E-state index >= 15 is 0 Å². The number of benzene rings is 1. The van der Waals surface area contributed by atoms with Crippen LogP contribution in [0.1, 0.15) is 44.9 Å². The van der Waals surface area contributed by atoms with Crippen LogP contribution < -0.4 is 10.1 Å². The number of nitrogens with one attached hydrogen (secondary N) is 2. The summed E-state index contributed by atoms with van der Waals surface area (Å²) in [6.07, 6.45) is 5.35. The predicted molar refractivity (Wildman–Crippen MR) is 99.3 cm³/mol. The number of Topliss-reactive ketones (excluding diaryl/α,β-unsaturated/α-hetero) is 1. The molecule has 27 heavy (non-hydrogen) atoms. The molecule has 0 aliphatic heterocycles. The molecule has 7 nitrogen and oxygen atoms in total. The van der Waals surface area contributed by atoms with E-state index in [1.165, 1.54) is 0 Å². The highest BCUT2D eigenvalue weighted by Gasteiger charge is 2.26. The summed E-state index contributed by atoms with van der Waals surface area (Å²) in [5.41, 5.74) is 3.32. The van der Waals surface area contributed by atoms with Crippen molar-refractivity contribution in [1.82, 2.24) is 15.0 Å². The first kappa shape index (κ1) is 17.0. The fraction of sp³-hybridized carbons (Fsp3) is 0.200. The molecule has 0 saturated heterocycles. The first-order valence-corrected chi connectivity index (χ1v) is 8.73. The van der Waals surface area contributed by atoms with Crippen LogP contribution in [0.3, 0.4) is 0 Å². The van der Waals surface area contributed by atoms with Crippen LogP contribution in [0.2, 0.25) is 0 Å². The molecule has 4 rings (SSSR count). The molecule has 2 aromatic heterocycles. The Morgan fingerprint density at radius 3 is 2.59 bits per heavy atom. The third-order valence-electron chi connectivity index (χ3n) is 4.53. The number of hydrogen-bond donors (Lipinski definition) is 2. The van der Waals surface area contributed by atoms with Gasteiger partial charge in [-0.1, -0.05) is 0 Å². The number of ketones is 1. The molecule has 7 heteroatoms. The highest BCUT2D eigenvalue weighted by atomic mass is 16.5. The number of fused-ring (bicyclic) bond motifs is 1. The van der Waals surface area contributed by atoms with Gasteiger partial charge in [-0.2, -0.15) is 0 Å². The van der Waals surface area contributed by atoms with Gasteiger partial charge in [-0.25, -0.2) is 9.97 Å². The number of H-pyrrole nitrogens is 1. The third kappa shape index (κ3) is 3.44. The van der Waals surface area contributed by atoms with Gasteiger partial charge in [0, 0.05) is 35.8 Å². The molecule has 2 heterocycles. The number of aryl methyl sites for hydroxylation is 1. The first-order chi connectivity index (χ1) is 13.1. The van der Waals surface area contributed by atoms with Crippen LogP contribution in [0.5, 0.6) is 11.8 Å². The number of ether oxygens (including phenoxy) is 1. The van der Waals surface area contributed by atoms with E-state index < -0.39 is 0 Å². The maximum absolute atomic E-state index is 12.6. The summed E-state index contributed by atoms with van der Waals surface area (Å²) in [6.45, 7) is 1.81. The Morgan fingerprint density at radius 2 is 1.89 bits per heavy atom. The molecule has 136 valence electrons. The standard InChI is InChI=1S/C20H18N4O3/c1-12-17-15(4-2-5-16(17)25)24-18(12)19(26)23-13-6-8-14(9-7-13)27-20-21-10-3-11-22-20/h3,6-11,24H,2,4-5H2,1H3,(H,23,26). The number of hydrogen-bond acceptors (Lipinski definition) is 5. The van der Waals surface area contributed by atoms with Crippen molar-refractivity contribution in [2.45, 2.75) is 26.2 Å². The molecular weight excluding hydrogens is 344 g/mol. The van der Waals surface area contributed by atoms with Crippen LogP contribution in [0.15, 0.2) is 42.7 Å². The van der Waals surface area contributed by atoms with Gasteiger partial charge in [-0.3, -0.25) is 9.59 Å². The minimum absolute atomic E-state index is 0.105. The van der Waals surface area contributed by atoms with Gasteiger partial charge in [-0.05, 0) is 55.7 Å². The van der Waals surface area contributed by atoms with Crippen molar-refractivity contribution < 1.29 is 14.3 Å². The molecule has 0 atom stereocenters. The van der Waals surface area contributed by atoms with Crippen LogP contribution >= 0.6 is 0 Å². The van der Waals surface area contributed by atoms with Crippen LogP contribution in [-0.4, -0.2) is 26.6 Å². The van der Waals surface area contributed by atoms with Crippen molar-refractivity contribution >= 4 is 17.4 Å². The molecule has 0 fully saturated rings. The van der Waals surface area contributed by atoms with E-state index in [1.807, 2.05) is 6.92 Å². The molecule has 1 aliphatic rings. The molecule has 2 N–H and O–H groups in total. The van der Waals surface area contributed by atoms with Gasteiger partial charge < -0.3 is 15.0 Å². The topological polar surface area (TPSA) is 97.0 Å². The summed E-state index contributed by atoms with van der Waals surface area (Å²) in [6, 6.07) is 8.88. The van der Waals surface area contributed by atoms with E-state index in [0.29, 0.717) is 34.7 Å². The van der Waals surface area contributed by atoms with Crippen LogP contribution in [0.25, 0.3) is 0 Å². The molecule has 0 unspecified atom stereocenters. The Hall–Kier alpha value is -3.48. The average Bonchev–Trinajstić information content (AvgIpc) is 3.02. The quantitative estimate of drug-likeness (QED) is 0.738. The number of rotatable bonds is 4. The van der Waals surface area contributed by atoms with E-state index in [4.69, 9.17) is 4.74 Å². The SMILES string of the molecule is Cc1c(C(=O)Nc2ccc(Oc3ncccn3)cc2)[nH]c2c1C(=O)CCC2. The molecule has 1 amide bonds. The number of aromatic nitrogens is 3. The summed E-state index contributed by atoms with van der Waals surface area (Å²) in [5, 5.41) is 2.85. The zero-order chi connectivity index (χ0) is 18.8. The Labute approximate surface area is 155 Å². The van der Waals surface area contributed by atoms with Crippen molar-refractivity contribution in [1.29, 1.82) is 0 Å². The van der Waals surface area contributed by atoms with Crippen LogP contribution in [0.4, 0.5) is 5.69 Å². The van der Waals surface area contributed by atoms with Crippen molar-refractivity contribution in [3.63, 3.8) is 0 Å². The van der Waals surface area contributed by atoms with Gasteiger partial charge in [0.2, 0.25) is 0 Å². The Bertz CT molecular complexity index is 994. The lowest BCUT2D eigenvalue weighted by molar-refractivity contribution is 0.0971. The Balaban J connectivity index is 1.48. The second kappa shape index (κ2) is 7.03. The summed E-state index contributed by atoms with van der Waals surface area (Å²) < 4.78 is 5.53. The maximum atomic E-state index is 12.6. The van der Waals surface area contributed by atoms with E-state index in [9.17, 15) is 9.59 Å². The van der Waals surface area contributed by atoms with Gasteiger partial charge in [0.15, 0.2) is 5.78 Å². The molecule has 0 saturated carbocycles. The van der Waals surface area contributed by atoms with Gasteiger partial charge in [-0.15, -0.1) is 0 Å². The van der Waals surface area contributed by atoms with E-state index in [2.05, 4.69) is 20.3 Å². The normalized spacial score (nSPS) is 13.1. The predicted octanol–water partition coefficient (Wildman–Crippen LogP) is 3.68. The number of aromatic amines is 1. The lowest BCUT2D eigenvalue weighted by Crippen LogP contribution is -2.13. The lowest BCUT2D eigenvalue weighted by atomic mass is 9.94. The van der Waals surface area contributed by atoms with Crippen molar-refractivity contribution in [3.05, 3.63) is 65.2 Å². The highest BCUT2D eigenvalue weighted by Crippen LogP contribution is 2.27. The maximum Gasteiger partial charge on any atom is 0.321 e. The van der Waals surface area contributed by atoms with Crippen LogP contribution in [0, 0.1) is 6.92 Å². The van der Waals surface area contributed by atoms with Crippen molar-refractivity contribution in [2.75, 3.05) is 5.32 Å². The molecule has 0 spiro atoms. The van der Waals surface area contributed by atoms with E-state index in [1.54, 1.807) is 42.7 Å². The summed E-state index contributed by atoms with van der Waals surface area (Å²) in [7, 11) is 0. The Kier molecular flexibility index (Phi) is 4.42. The zero-order valence-corrected chi connectivity index (χ0v) is 14.8. The summed E-state index contributed by atoms with van der Waals surface area (Å²) in [4.78, 5) is 35.9. The molecule has 1 aliphatic carbocycles. The molecular formula is C20H18N4O3. The fourth-order valence-electron chi connectivity index (χ4n) is 3.24. The summed E-state index contributed by atoms with van der Waals surface area (Å²) >= 11 is 0. The second-order valence-corrected chi connectivity index (χ2v) is 6.37. The largest absolute Gasteiger partial charge is 0.424 e. The first-order valence-electron chi connectivity index (χ1n) is 8.73. The van der Waals surface area contributed by atoms with Crippen molar-refractivity contribution in [3.8, 4) is 11.8 Å². The summed E-state index contributed by atoms with van der Waals surface area (Å²) in [5.74, 6) is 0.403.